The molecule has 1 aliphatic rings. The molecule has 1 heterocycles. The first-order chi connectivity index (χ1) is 11.8. The summed E-state index contributed by atoms with van der Waals surface area (Å²) in [5.74, 6) is -1.61. The molecule has 0 saturated carbocycles. The molecule has 0 fully saturated rings. The average Bonchev–Trinajstić information content (AvgIpc) is 2.58. The number of rotatable bonds is 6. The number of nitrogens with one attached hydrogen (secondary N) is 2. The summed E-state index contributed by atoms with van der Waals surface area (Å²) >= 11 is -0.234. The van der Waals surface area contributed by atoms with Gasteiger partial charge in [-0.2, -0.15) is 13.2 Å². The molecule has 0 unspecified atom stereocenters. The van der Waals surface area contributed by atoms with E-state index in [4.69, 9.17) is 0 Å². The topological polar surface area (TPSA) is 67.4 Å². The molecule has 1 aliphatic heterocycles. The molecule has 1 aromatic rings. The second kappa shape index (κ2) is 9.91. The zero-order valence-electron chi connectivity index (χ0n) is 14.0. The first-order valence-corrected chi connectivity index (χ1v) is 8.75. The molecule has 2 rings (SSSR count). The summed E-state index contributed by atoms with van der Waals surface area (Å²) in [7, 11) is 1.13. The number of amides is 1. The lowest BCUT2D eigenvalue weighted by atomic mass is 9.97. The molecule has 10 heteroatoms. The number of ether oxygens (including phenoxy) is 1. The molecular formula is C16H20ClF3N2O3S. The third kappa shape index (κ3) is 6.28. The van der Waals surface area contributed by atoms with E-state index in [-0.39, 0.29) is 36.3 Å². The van der Waals surface area contributed by atoms with Gasteiger partial charge in [0.05, 0.1) is 7.11 Å². The predicted molar refractivity (Wildman–Crippen MR) is 96.9 cm³/mol. The summed E-state index contributed by atoms with van der Waals surface area (Å²) in [4.78, 5) is 24.3. The number of methoxy groups -OCH3 is 1. The number of anilines is 1. The minimum absolute atomic E-state index is 0. The zero-order chi connectivity index (χ0) is 18.4. The summed E-state index contributed by atoms with van der Waals surface area (Å²) in [6.45, 7) is 0.817. The van der Waals surface area contributed by atoms with Crippen molar-refractivity contribution in [2.24, 2.45) is 0 Å². The lowest BCUT2D eigenvalue weighted by Gasteiger charge is -2.22. The van der Waals surface area contributed by atoms with Crippen molar-refractivity contribution in [3.05, 3.63) is 29.3 Å². The number of alkyl halides is 3. The first kappa shape index (κ1) is 22.4. The molecule has 1 aromatic carbocycles. The van der Waals surface area contributed by atoms with E-state index in [0.29, 0.717) is 5.56 Å². The molecule has 0 bridgehead atoms. The van der Waals surface area contributed by atoms with Crippen molar-refractivity contribution in [1.82, 2.24) is 5.32 Å². The second-order valence-corrected chi connectivity index (χ2v) is 6.65. The maximum absolute atomic E-state index is 12.5. The molecule has 0 spiro atoms. The zero-order valence-corrected chi connectivity index (χ0v) is 15.7. The maximum atomic E-state index is 12.5. The van der Waals surface area contributed by atoms with E-state index in [0.717, 1.165) is 37.7 Å². The Balaban J connectivity index is 0.00000338. The Bertz CT molecular complexity index is 644. The molecule has 5 nitrogen and oxygen atoms in total. The van der Waals surface area contributed by atoms with Crippen molar-refractivity contribution in [3.8, 4) is 0 Å². The van der Waals surface area contributed by atoms with Crippen LogP contribution < -0.4 is 10.6 Å². The highest BCUT2D eigenvalue weighted by molar-refractivity contribution is 8.00. The average molecular weight is 413 g/mol. The fraction of sp³-hybridized carbons (Fsp3) is 0.500. The molecule has 1 amide bonds. The van der Waals surface area contributed by atoms with Gasteiger partial charge in [0.15, 0.2) is 0 Å². The van der Waals surface area contributed by atoms with E-state index in [9.17, 15) is 22.8 Å². The van der Waals surface area contributed by atoms with Crippen molar-refractivity contribution in [2.75, 3.05) is 24.7 Å². The monoisotopic (exact) mass is 412 g/mol. The molecule has 1 atom stereocenters. The summed E-state index contributed by atoms with van der Waals surface area (Å²) in [6, 6.07) is 4.10. The molecule has 2 N–H and O–H groups in total. The summed E-state index contributed by atoms with van der Waals surface area (Å²) in [5.41, 5.74) is -2.25. The third-order valence-electron chi connectivity index (χ3n) is 3.80. The van der Waals surface area contributed by atoms with Crippen LogP contribution in [0.25, 0.3) is 0 Å². The van der Waals surface area contributed by atoms with Crippen molar-refractivity contribution in [2.45, 2.75) is 30.8 Å². The minimum atomic E-state index is -4.38. The van der Waals surface area contributed by atoms with Crippen LogP contribution in [0.2, 0.25) is 0 Å². The largest absolute Gasteiger partial charge is 0.467 e. The Morgan fingerprint density at radius 3 is 2.77 bits per heavy atom. The van der Waals surface area contributed by atoms with Gasteiger partial charge in [0, 0.05) is 23.5 Å². The highest BCUT2D eigenvalue weighted by Crippen LogP contribution is 2.31. The van der Waals surface area contributed by atoms with Gasteiger partial charge < -0.3 is 15.4 Å². The Kier molecular flexibility index (Phi) is 8.55. The molecule has 0 radical (unpaired) electrons. The van der Waals surface area contributed by atoms with Crippen LogP contribution in [0, 0.1) is 0 Å². The number of thioether (sulfide) groups is 1. The SMILES string of the molecule is COC(=O)[C@H](CCSC(F)(F)F)NC(=O)c1cccc2c1CCCN2.Cl. The van der Waals surface area contributed by atoms with E-state index in [2.05, 4.69) is 15.4 Å². The third-order valence-corrected chi connectivity index (χ3v) is 4.57. The van der Waals surface area contributed by atoms with Gasteiger partial charge in [0.1, 0.15) is 6.04 Å². The van der Waals surface area contributed by atoms with Gasteiger partial charge in [-0.15, -0.1) is 12.4 Å². The summed E-state index contributed by atoms with van der Waals surface area (Å²) in [6.07, 6.45) is 1.43. The van der Waals surface area contributed by atoms with Gasteiger partial charge in [0.25, 0.3) is 5.91 Å². The Labute approximate surface area is 159 Å². The number of fused-ring (bicyclic) bond motifs is 1. The van der Waals surface area contributed by atoms with Gasteiger partial charge >= 0.3 is 11.5 Å². The smallest absolute Gasteiger partial charge is 0.441 e. The van der Waals surface area contributed by atoms with E-state index in [1.807, 2.05) is 6.07 Å². The standard InChI is InChI=1S/C16H19F3N2O3S.ClH/c1-24-15(23)13(7-9-25-16(17,18)19)21-14(22)11-4-2-6-12-10(11)5-3-8-20-12;/h2,4,6,13,20H,3,5,7-9H2,1H3,(H,21,22);1H/t13-;/m0./s1. The van der Waals surface area contributed by atoms with Crippen molar-refractivity contribution >= 4 is 41.7 Å². The molecule has 0 aliphatic carbocycles. The first-order valence-electron chi connectivity index (χ1n) is 7.77. The van der Waals surface area contributed by atoms with Crippen LogP contribution >= 0.6 is 24.2 Å². The predicted octanol–water partition coefficient (Wildman–Crippen LogP) is 3.38. The Morgan fingerprint density at radius 1 is 1.38 bits per heavy atom. The number of halogens is 4. The van der Waals surface area contributed by atoms with Gasteiger partial charge in [0.2, 0.25) is 0 Å². The summed E-state index contributed by atoms with van der Waals surface area (Å²) < 4.78 is 41.4. The van der Waals surface area contributed by atoms with Gasteiger partial charge in [-0.3, -0.25) is 4.79 Å². The van der Waals surface area contributed by atoms with Crippen molar-refractivity contribution < 1.29 is 27.5 Å². The number of esters is 1. The number of carbonyl (C=O) groups excluding carboxylic acids is 2. The molecular weight excluding hydrogens is 393 g/mol. The second-order valence-electron chi connectivity index (χ2n) is 5.49. The van der Waals surface area contributed by atoms with Crippen molar-refractivity contribution in [3.63, 3.8) is 0 Å². The number of carbonyl (C=O) groups is 2. The normalized spacial score (nSPS) is 14.3. The quantitative estimate of drug-likeness (QED) is 0.701. The molecule has 26 heavy (non-hydrogen) atoms. The van der Waals surface area contributed by atoms with Crippen LogP contribution in [-0.4, -0.2) is 42.8 Å². The van der Waals surface area contributed by atoms with Crippen LogP contribution in [0.3, 0.4) is 0 Å². The minimum Gasteiger partial charge on any atom is -0.467 e. The fourth-order valence-corrected chi connectivity index (χ4v) is 3.23. The van der Waals surface area contributed by atoms with Crippen LogP contribution in [0.15, 0.2) is 18.2 Å². The van der Waals surface area contributed by atoms with E-state index in [1.165, 1.54) is 0 Å². The lowest BCUT2D eigenvalue weighted by molar-refractivity contribution is -0.142. The van der Waals surface area contributed by atoms with Gasteiger partial charge in [-0.25, -0.2) is 4.79 Å². The Morgan fingerprint density at radius 2 is 2.12 bits per heavy atom. The fourth-order valence-electron chi connectivity index (χ4n) is 2.64. The van der Waals surface area contributed by atoms with Crippen molar-refractivity contribution in [1.29, 1.82) is 0 Å². The molecule has 146 valence electrons. The van der Waals surface area contributed by atoms with Crippen LogP contribution in [-0.2, 0) is 16.0 Å². The van der Waals surface area contributed by atoms with E-state index >= 15 is 0 Å². The van der Waals surface area contributed by atoms with Gasteiger partial charge in [-0.05, 0) is 37.0 Å². The Hall–Kier alpha value is -1.61. The van der Waals surface area contributed by atoms with Gasteiger partial charge in [-0.1, -0.05) is 17.8 Å². The highest BCUT2D eigenvalue weighted by atomic mass is 35.5. The number of benzene rings is 1. The lowest BCUT2D eigenvalue weighted by Crippen LogP contribution is -2.42. The van der Waals surface area contributed by atoms with E-state index < -0.39 is 23.4 Å². The van der Waals surface area contributed by atoms with Crippen LogP contribution in [0.5, 0.6) is 0 Å². The molecule has 0 saturated heterocycles. The highest BCUT2D eigenvalue weighted by Gasteiger charge is 2.30. The van der Waals surface area contributed by atoms with E-state index in [1.54, 1.807) is 12.1 Å². The summed E-state index contributed by atoms with van der Waals surface area (Å²) in [5, 5.41) is 5.69. The number of hydrogen-bond donors (Lipinski definition) is 2. The molecule has 0 aromatic heterocycles. The number of hydrogen-bond acceptors (Lipinski definition) is 5. The maximum Gasteiger partial charge on any atom is 0.441 e. The van der Waals surface area contributed by atoms with Crippen LogP contribution in [0.1, 0.15) is 28.8 Å². The van der Waals surface area contributed by atoms with Crippen LogP contribution in [0.4, 0.5) is 18.9 Å².